The number of carbonyl (C=O) groups excluding carboxylic acids is 1. The molecule has 1 amide bonds. The summed E-state index contributed by atoms with van der Waals surface area (Å²) in [5.74, 6) is 0.598. The van der Waals surface area contributed by atoms with Crippen LogP contribution in [0.3, 0.4) is 0 Å². The number of benzene rings is 1. The summed E-state index contributed by atoms with van der Waals surface area (Å²) < 4.78 is 10.6. The van der Waals surface area contributed by atoms with Gasteiger partial charge in [0.1, 0.15) is 11.4 Å². The van der Waals surface area contributed by atoms with Crippen LogP contribution in [-0.4, -0.2) is 24.8 Å². The molecule has 0 heterocycles. The molecular weight excluding hydrogens is 280 g/mol. The molecule has 1 rings (SSSR count). The standard InChI is InChI=1S/C17H28N2O3/c1-7-12(8-2)18-13-9-10-15(21-6)14(11-13)19-16(20)22-17(3,4)5/h9-12,18H,7-8H2,1-6H3,(H,19,20). The first-order valence-corrected chi connectivity index (χ1v) is 7.73. The quantitative estimate of drug-likeness (QED) is 0.803. The molecule has 0 saturated heterocycles. The van der Waals surface area contributed by atoms with Crippen molar-refractivity contribution >= 4 is 17.5 Å². The number of carbonyl (C=O) groups is 1. The first-order valence-electron chi connectivity index (χ1n) is 7.73. The van der Waals surface area contributed by atoms with Crippen molar-refractivity contribution in [3.05, 3.63) is 18.2 Å². The number of anilines is 2. The second kappa shape index (κ2) is 7.92. The van der Waals surface area contributed by atoms with E-state index < -0.39 is 11.7 Å². The Bertz CT molecular complexity index is 491. The van der Waals surface area contributed by atoms with E-state index in [0.29, 0.717) is 17.5 Å². The molecule has 0 aliphatic carbocycles. The van der Waals surface area contributed by atoms with Crippen LogP contribution in [0.2, 0.25) is 0 Å². The molecule has 0 atom stereocenters. The molecule has 0 bridgehead atoms. The fraction of sp³-hybridized carbons (Fsp3) is 0.588. The molecule has 22 heavy (non-hydrogen) atoms. The molecule has 0 aromatic heterocycles. The molecule has 0 aliphatic heterocycles. The highest BCUT2D eigenvalue weighted by Gasteiger charge is 2.18. The van der Waals surface area contributed by atoms with Crippen molar-refractivity contribution in [3.63, 3.8) is 0 Å². The first kappa shape index (κ1) is 18.1. The van der Waals surface area contributed by atoms with Crippen LogP contribution in [0, 0.1) is 0 Å². The summed E-state index contributed by atoms with van der Waals surface area (Å²) in [6, 6.07) is 6.04. The van der Waals surface area contributed by atoms with Crippen molar-refractivity contribution in [2.24, 2.45) is 0 Å². The van der Waals surface area contributed by atoms with E-state index in [9.17, 15) is 4.79 Å². The number of hydrogen-bond donors (Lipinski definition) is 2. The maximum absolute atomic E-state index is 11.9. The van der Waals surface area contributed by atoms with Crippen LogP contribution in [0.5, 0.6) is 5.75 Å². The van der Waals surface area contributed by atoms with Gasteiger partial charge in [0.25, 0.3) is 0 Å². The van der Waals surface area contributed by atoms with E-state index in [2.05, 4.69) is 24.5 Å². The molecule has 0 unspecified atom stereocenters. The van der Waals surface area contributed by atoms with Gasteiger partial charge in [-0.3, -0.25) is 5.32 Å². The minimum absolute atomic E-state index is 0.405. The molecule has 0 spiro atoms. The first-order chi connectivity index (χ1) is 10.3. The van der Waals surface area contributed by atoms with Crippen molar-refractivity contribution in [1.29, 1.82) is 0 Å². The van der Waals surface area contributed by atoms with E-state index in [1.165, 1.54) is 0 Å². The summed E-state index contributed by atoms with van der Waals surface area (Å²) in [6.45, 7) is 9.77. The SMILES string of the molecule is CCC(CC)Nc1ccc(OC)c(NC(=O)OC(C)(C)C)c1. The van der Waals surface area contributed by atoms with E-state index in [1.807, 2.05) is 39.0 Å². The summed E-state index contributed by atoms with van der Waals surface area (Å²) in [6.07, 6.45) is 1.58. The highest BCUT2D eigenvalue weighted by molar-refractivity contribution is 5.88. The van der Waals surface area contributed by atoms with Crippen LogP contribution in [-0.2, 0) is 4.74 Å². The summed E-state index contributed by atoms with van der Waals surface area (Å²) >= 11 is 0. The highest BCUT2D eigenvalue weighted by Crippen LogP contribution is 2.29. The van der Waals surface area contributed by atoms with E-state index in [1.54, 1.807) is 7.11 Å². The van der Waals surface area contributed by atoms with Crippen LogP contribution in [0.15, 0.2) is 18.2 Å². The normalized spacial score (nSPS) is 11.2. The summed E-state index contributed by atoms with van der Waals surface area (Å²) in [5, 5.41) is 6.19. The van der Waals surface area contributed by atoms with Crippen molar-refractivity contribution in [3.8, 4) is 5.75 Å². The van der Waals surface area contributed by atoms with Crippen LogP contribution in [0.4, 0.5) is 16.2 Å². The minimum atomic E-state index is -0.539. The zero-order valence-corrected chi connectivity index (χ0v) is 14.4. The van der Waals surface area contributed by atoms with Gasteiger partial charge in [-0.15, -0.1) is 0 Å². The molecule has 0 radical (unpaired) electrons. The minimum Gasteiger partial charge on any atom is -0.495 e. The lowest BCUT2D eigenvalue weighted by atomic mass is 10.1. The number of ether oxygens (including phenoxy) is 2. The number of hydrogen-bond acceptors (Lipinski definition) is 4. The van der Waals surface area contributed by atoms with Crippen molar-refractivity contribution in [2.75, 3.05) is 17.7 Å². The summed E-state index contributed by atoms with van der Waals surface area (Å²) in [5.41, 5.74) is 0.996. The Morgan fingerprint density at radius 1 is 1.23 bits per heavy atom. The Kier molecular flexibility index (Phi) is 6.53. The summed E-state index contributed by atoms with van der Waals surface area (Å²) in [7, 11) is 1.57. The third-order valence-electron chi connectivity index (χ3n) is 3.19. The lowest BCUT2D eigenvalue weighted by Crippen LogP contribution is -2.27. The van der Waals surface area contributed by atoms with Gasteiger partial charge in [0.05, 0.1) is 12.8 Å². The smallest absolute Gasteiger partial charge is 0.412 e. The molecular formula is C17H28N2O3. The van der Waals surface area contributed by atoms with Gasteiger partial charge in [0.15, 0.2) is 0 Å². The van der Waals surface area contributed by atoms with Gasteiger partial charge in [-0.25, -0.2) is 4.79 Å². The monoisotopic (exact) mass is 308 g/mol. The van der Waals surface area contributed by atoms with Crippen LogP contribution >= 0.6 is 0 Å². The predicted molar refractivity (Wildman–Crippen MR) is 90.8 cm³/mol. The third-order valence-corrected chi connectivity index (χ3v) is 3.19. The molecule has 0 fully saturated rings. The number of nitrogens with one attached hydrogen (secondary N) is 2. The van der Waals surface area contributed by atoms with Gasteiger partial charge in [0.2, 0.25) is 0 Å². The molecule has 5 nitrogen and oxygen atoms in total. The molecule has 1 aromatic carbocycles. The number of amides is 1. The molecule has 5 heteroatoms. The van der Waals surface area contributed by atoms with Crippen molar-refractivity contribution in [2.45, 2.75) is 59.1 Å². The number of rotatable bonds is 6. The Balaban J connectivity index is 2.89. The fourth-order valence-corrected chi connectivity index (χ4v) is 2.04. The van der Waals surface area contributed by atoms with Crippen LogP contribution in [0.25, 0.3) is 0 Å². The van der Waals surface area contributed by atoms with E-state index in [4.69, 9.17) is 9.47 Å². The molecule has 0 saturated carbocycles. The second-order valence-corrected chi connectivity index (χ2v) is 6.20. The third kappa shape index (κ3) is 5.84. The van der Waals surface area contributed by atoms with Gasteiger partial charge >= 0.3 is 6.09 Å². The average molecular weight is 308 g/mol. The molecule has 1 aromatic rings. The zero-order chi connectivity index (χ0) is 16.8. The highest BCUT2D eigenvalue weighted by atomic mass is 16.6. The lowest BCUT2D eigenvalue weighted by molar-refractivity contribution is 0.0635. The molecule has 0 aliphatic rings. The Morgan fingerprint density at radius 3 is 2.36 bits per heavy atom. The summed E-state index contributed by atoms with van der Waals surface area (Å²) in [4.78, 5) is 11.9. The lowest BCUT2D eigenvalue weighted by Gasteiger charge is -2.21. The van der Waals surface area contributed by atoms with Gasteiger partial charge in [-0.1, -0.05) is 13.8 Å². The van der Waals surface area contributed by atoms with Crippen LogP contribution < -0.4 is 15.4 Å². The maximum Gasteiger partial charge on any atom is 0.412 e. The molecule has 2 N–H and O–H groups in total. The van der Waals surface area contributed by atoms with Crippen LogP contribution in [0.1, 0.15) is 47.5 Å². The number of methoxy groups -OCH3 is 1. The zero-order valence-electron chi connectivity index (χ0n) is 14.4. The van der Waals surface area contributed by atoms with E-state index in [0.717, 1.165) is 18.5 Å². The van der Waals surface area contributed by atoms with E-state index in [-0.39, 0.29) is 0 Å². The van der Waals surface area contributed by atoms with Gasteiger partial charge in [0, 0.05) is 11.7 Å². The van der Waals surface area contributed by atoms with E-state index >= 15 is 0 Å². The average Bonchev–Trinajstić information content (AvgIpc) is 2.43. The van der Waals surface area contributed by atoms with Crippen molar-refractivity contribution in [1.82, 2.24) is 0 Å². The largest absolute Gasteiger partial charge is 0.495 e. The van der Waals surface area contributed by atoms with Crippen molar-refractivity contribution < 1.29 is 14.3 Å². The van der Waals surface area contributed by atoms with Gasteiger partial charge in [-0.05, 0) is 51.8 Å². The Hall–Kier alpha value is -1.91. The fourth-order valence-electron chi connectivity index (χ4n) is 2.04. The molecule has 124 valence electrons. The van der Waals surface area contributed by atoms with Gasteiger partial charge in [-0.2, -0.15) is 0 Å². The predicted octanol–water partition coefficient (Wildman–Crippen LogP) is 4.64. The van der Waals surface area contributed by atoms with Gasteiger partial charge < -0.3 is 14.8 Å². The maximum atomic E-state index is 11.9. The Morgan fingerprint density at radius 2 is 1.86 bits per heavy atom. The topological polar surface area (TPSA) is 59.6 Å². The second-order valence-electron chi connectivity index (χ2n) is 6.20. The Labute approximate surface area is 133 Å².